The number of hydrogen-bond acceptors (Lipinski definition) is 2. The molecule has 0 saturated heterocycles. The molecule has 3 heteroatoms. The van der Waals surface area contributed by atoms with E-state index in [1.807, 2.05) is 0 Å². The maximum atomic E-state index is 4.55. The van der Waals surface area contributed by atoms with Gasteiger partial charge in [-0.1, -0.05) is 68.4 Å². The number of aryl methyl sites for hydroxylation is 1. The van der Waals surface area contributed by atoms with Gasteiger partial charge in [-0.3, -0.25) is 4.40 Å². The fraction of sp³-hybridized carbons (Fsp3) is 0.167. The van der Waals surface area contributed by atoms with Crippen molar-refractivity contribution >= 4 is 27.3 Å². The van der Waals surface area contributed by atoms with Gasteiger partial charge in [0.1, 0.15) is 5.82 Å². The van der Waals surface area contributed by atoms with Crippen LogP contribution in [0.4, 0.5) is 0 Å². The number of rotatable bonds is 2. The van der Waals surface area contributed by atoms with Crippen molar-refractivity contribution in [1.82, 2.24) is 14.6 Å². The summed E-state index contributed by atoms with van der Waals surface area (Å²) in [5.41, 5.74) is 5.86. The summed E-state index contributed by atoms with van der Waals surface area (Å²) in [6.45, 7) is 6.53. The van der Waals surface area contributed by atoms with Crippen molar-refractivity contribution in [2.45, 2.75) is 26.7 Å². The molecule has 0 spiro atoms. The summed E-state index contributed by atoms with van der Waals surface area (Å²) in [4.78, 5) is 0. The highest BCUT2D eigenvalue weighted by molar-refractivity contribution is 6.13. The summed E-state index contributed by atoms with van der Waals surface area (Å²) >= 11 is 0. The zero-order chi connectivity index (χ0) is 18.5. The first kappa shape index (κ1) is 16.0. The van der Waals surface area contributed by atoms with Crippen molar-refractivity contribution in [2.75, 3.05) is 0 Å². The average molecular weight is 351 g/mol. The molecule has 2 heterocycles. The fourth-order valence-corrected chi connectivity index (χ4v) is 4.06. The second-order valence-corrected chi connectivity index (χ2v) is 7.47. The number of benzene rings is 3. The monoisotopic (exact) mass is 351 g/mol. The molecule has 2 aromatic heterocycles. The molecule has 0 N–H and O–H groups in total. The zero-order valence-corrected chi connectivity index (χ0v) is 15.8. The van der Waals surface area contributed by atoms with Crippen molar-refractivity contribution in [2.24, 2.45) is 0 Å². The van der Waals surface area contributed by atoms with E-state index in [2.05, 4.69) is 102 Å². The Labute approximate surface area is 158 Å². The summed E-state index contributed by atoms with van der Waals surface area (Å²) in [5, 5.41) is 12.7. The molecule has 3 aromatic carbocycles. The van der Waals surface area contributed by atoms with E-state index in [1.165, 1.54) is 33.0 Å². The van der Waals surface area contributed by atoms with Gasteiger partial charge >= 0.3 is 0 Å². The van der Waals surface area contributed by atoms with Crippen LogP contribution in [-0.4, -0.2) is 14.6 Å². The first-order chi connectivity index (χ1) is 13.1. The molecule has 3 nitrogen and oxygen atoms in total. The molecule has 0 fully saturated rings. The minimum atomic E-state index is 0.303. The molecule has 27 heavy (non-hydrogen) atoms. The van der Waals surface area contributed by atoms with E-state index >= 15 is 0 Å². The van der Waals surface area contributed by atoms with Gasteiger partial charge in [-0.15, -0.1) is 10.2 Å². The molecule has 0 amide bonds. The van der Waals surface area contributed by atoms with Crippen LogP contribution in [0.15, 0.2) is 66.7 Å². The molecule has 0 aliphatic rings. The largest absolute Gasteiger partial charge is 0.278 e. The van der Waals surface area contributed by atoms with Crippen LogP contribution in [0, 0.1) is 6.92 Å². The Morgan fingerprint density at radius 3 is 2.19 bits per heavy atom. The predicted octanol–water partition coefficient (Wildman–Crippen LogP) is 6.13. The molecule has 0 aliphatic carbocycles. The lowest BCUT2D eigenvalue weighted by atomic mass is 9.96. The Morgan fingerprint density at radius 1 is 0.741 bits per heavy atom. The van der Waals surface area contributed by atoms with E-state index in [0.717, 1.165) is 16.9 Å². The summed E-state index contributed by atoms with van der Waals surface area (Å²) in [6, 6.07) is 23.7. The molecule has 5 aromatic rings. The van der Waals surface area contributed by atoms with Crippen LogP contribution in [0.3, 0.4) is 0 Å². The molecule has 0 atom stereocenters. The van der Waals surface area contributed by atoms with Gasteiger partial charge in [-0.25, -0.2) is 0 Å². The Kier molecular flexibility index (Phi) is 3.51. The summed E-state index contributed by atoms with van der Waals surface area (Å²) in [7, 11) is 0. The highest BCUT2D eigenvalue weighted by Crippen LogP contribution is 2.35. The SMILES string of the molecule is Cc1cc(-c2ccccc2)cc2c3ccccc3c3nnc(C(C)C)n3c12. The van der Waals surface area contributed by atoms with E-state index in [9.17, 15) is 0 Å². The van der Waals surface area contributed by atoms with Gasteiger partial charge in [0.2, 0.25) is 0 Å². The summed E-state index contributed by atoms with van der Waals surface area (Å²) in [5.74, 6) is 1.31. The van der Waals surface area contributed by atoms with E-state index in [4.69, 9.17) is 0 Å². The van der Waals surface area contributed by atoms with Crippen molar-refractivity contribution in [3.8, 4) is 11.1 Å². The highest BCUT2D eigenvalue weighted by Gasteiger charge is 2.18. The Bertz CT molecular complexity index is 1300. The molecule has 132 valence electrons. The number of aromatic nitrogens is 3. The Hall–Kier alpha value is -3.20. The third kappa shape index (κ3) is 2.35. The van der Waals surface area contributed by atoms with Crippen LogP contribution in [-0.2, 0) is 0 Å². The van der Waals surface area contributed by atoms with Gasteiger partial charge in [0.25, 0.3) is 0 Å². The molecule has 0 unspecified atom stereocenters. The van der Waals surface area contributed by atoms with Crippen LogP contribution in [0.1, 0.15) is 31.2 Å². The molecule has 0 aliphatic heterocycles. The van der Waals surface area contributed by atoms with Crippen molar-refractivity contribution < 1.29 is 0 Å². The minimum absolute atomic E-state index is 0.303. The fourth-order valence-electron chi connectivity index (χ4n) is 4.06. The highest BCUT2D eigenvalue weighted by atomic mass is 15.3. The smallest absolute Gasteiger partial charge is 0.169 e. The first-order valence-corrected chi connectivity index (χ1v) is 9.40. The molecule has 0 bridgehead atoms. The van der Waals surface area contributed by atoms with E-state index in [0.29, 0.717) is 5.92 Å². The van der Waals surface area contributed by atoms with Crippen molar-refractivity contribution in [1.29, 1.82) is 0 Å². The van der Waals surface area contributed by atoms with Gasteiger partial charge in [0.15, 0.2) is 5.65 Å². The van der Waals surface area contributed by atoms with E-state index in [1.54, 1.807) is 0 Å². The zero-order valence-electron chi connectivity index (χ0n) is 15.8. The molecule has 5 rings (SSSR count). The maximum absolute atomic E-state index is 4.55. The van der Waals surface area contributed by atoms with Gasteiger partial charge in [-0.05, 0) is 41.1 Å². The van der Waals surface area contributed by atoms with Crippen LogP contribution < -0.4 is 0 Å². The van der Waals surface area contributed by atoms with E-state index in [-0.39, 0.29) is 0 Å². The second kappa shape index (κ2) is 5.92. The van der Waals surface area contributed by atoms with Gasteiger partial charge in [0.05, 0.1) is 5.52 Å². The quantitative estimate of drug-likeness (QED) is 0.358. The van der Waals surface area contributed by atoms with Crippen molar-refractivity contribution in [3.63, 3.8) is 0 Å². The van der Waals surface area contributed by atoms with Crippen LogP contribution in [0.25, 0.3) is 38.4 Å². The van der Waals surface area contributed by atoms with Crippen molar-refractivity contribution in [3.05, 3.63) is 78.1 Å². The van der Waals surface area contributed by atoms with Crippen LogP contribution in [0.5, 0.6) is 0 Å². The van der Waals surface area contributed by atoms with Gasteiger partial charge < -0.3 is 0 Å². The topological polar surface area (TPSA) is 30.2 Å². The van der Waals surface area contributed by atoms with Crippen LogP contribution in [0.2, 0.25) is 0 Å². The molecule has 0 saturated carbocycles. The second-order valence-electron chi connectivity index (χ2n) is 7.47. The van der Waals surface area contributed by atoms with Gasteiger partial charge in [0, 0.05) is 16.7 Å². The number of fused-ring (bicyclic) bond motifs is 6. The third-order valence-corrected chi connectivity index (χ3v) is 5.29. The van der Waals surface area contributed by atoms with E-state index < -0.39 is 0 Å². The molecular weight excluding hydrogens is 330 g/mol. The lowest BCUT2D eigenvalue weighted by molar-refractivity contribution is 0.765. The normalized spacial score (nSPS) is 11.9. The summed E-state index contributed by atoms with van der Waals surface area (Å²) in [6.07, 6.45) is 0. The lowest BCUT2D eigenvalue weighted by Crippen LogP contribution is -2.01. The first-order valence-electron chi connectivity index (χ1n) is 9.40. The molecule has 0 radical (unpaired) electrons. The number of hydrogen-bond donors (Lipinski definition) is 0. The lowest BCUT2D eigenvalue weighted by Gasteiger charge is -2.15. The Balaban J connectivity index is 2.01. The summed E-state index contributed by atoms with van der Waals surface area (Å²) < 4.78 is 2.26. The minimum Gasteiger partial charge on any atom is -0.278 e. The van der Waals surface area contributed by atoms with Crippen LogP contribution >= 0.6 is 0 Å². The molecular formula is C24H21N3. The standard InChI is InChI=1S/C24H21N3/c1-15(2)23-25-26-24-20-12-8-7-11-19(20)21-14-18(17-9-5-4-6-10-17)13-16(3)22(21)27(23)24/h4-15H,1-3H3. The number of pyridine rings is 1. The third-order valence-electron chi connectivity index (χ3n) is 5.29. The Morgan fingerprint density at radius 2 is 1.44 bits per heavy atom. The number of nitrogens with zero attached hydrogens (tertiary/aromatic N) is 3. The van der Waals surface area contributed by atoms with Gasteiger partial charge in [-0.2, -0.15) is 0 Å². The maximum Gasteiger partial charge on any atom is 0.169 e. The average Bonchev–Trinajstić information content (AvgIpc) is 3.14. The predicted molar refractivity (Wildman–Crippen MR) is 112 cm³/mol.